The van der Waals surface area contributed by atoms with Gasteiger partial charge in [-0.15, -0.1) is 0 Å². The summed E-state index contributed by atoms with van der Waals surface area (Å²) in [5.41, 5.74) is 5.60. The van der Waals surface area contributed by atoms with Gasteiger partial charge in [-0.3, -0.25) is 0 Å². The van der Waals surface area contributed by atoms with Crippen molar-refractivity contribution in [2.75, 3.05) is 4.90 Å². The Morgan fingerprint density at radius 1 is 0.781 bits per heavy atom. The lowest BCUT2D eigenvalue weighted by atomic mass is 9.85. The van der Waals surface area contributed by atoms with Crippen LogP contribution in [-0.4, -0.2) is 16.8 Å². The molecule has 2 unspecified atom stereocenters. The molecule has 2 atom stereocenters. The Hall–Kier alpha value is -4.18. The van der Waals surface area contributed by atoms with Crippen LogP contribution < -0.4 is 4.90 Å². The highest BCUT2D eigenvalue weighted by Gasteiger charge is 2.70. The van der Waals surface area contributed by atoms with Gasteiger partial charge < -0.3 is 10.0 Å². The van der Waals surface area contributed by atoms with Crippen molar-refractivity contribution in [3.63, 3.8) is 0 Å². The smallest absolute Gasteiger partial charge is 0.337 e. The second-order valence-corrected chi connectivity index (χ2v) is 8.12. The number of anilines is 1. The van der Waals surface area contributed by atoms with Gasteiger partial charge in [-0.05, 0) is 29.3 Å². The lowest BCUT2D eigenvalue weighted by Crippen LogP contribution is -2.26. The SMILES string of the molecule is O=C(O)c1ccccc1N1C(c2ccccc2)C12C(c1ccccc1)=Nc1ccccc12. The van der Waals surface area contributed by atoms with E-state index in [0.29, 0.717) is 11.3 Å². The summed E-state index contributed by atoms with van der Waals surface area (Å²) in [6.45, 7) is 0. The van der Waals surface area contributed by atoms with E-state index in [0.717, 1.165) is 28.1 Å². The molecule has 4 aromatic carbocycles. The fourth-order valence-corrected chi connectivity index (χ4v) is 5.14. The average molecular weight is 416 g/mol. The Morgan fingerprint density at radius 2 is 1.41 bits per heavy atom. The number of benzene rings is 4. The first kappa shape index (κ1) is 18.6. The lowest BCUT2D eigenvalue weighted by molar-refractivity contribution is 0.0697. The van der Waals surface area contributed by atoms with Crippen molar-refractivity contribution in [2.24, 2.45) is 4.99 Å². The van der Waals surface area contributed by atoms with Gasteiger partial charge in [-0.2, -0.15) is 0 Å². The molecule has 6 rings (SSSR count). The van der Waals surface area contributed by atoms with Crippen LogP contribution in [0.4, 0.5) is 11.4 Å². The lowest BCUT2D eigenvalue weighted by Gasteiger charge is -2.18. The van der Waals surface area contributed by atoms with E-state index < -0.39 is 11.5 Å². The minimum absolute atomic E-state index is 0.0631. The molecule has 4 aromatic rings. The van der Waals surface area contributed by atoms with E-state index in [1.165, 1.54) is 0 Å². The number of aliphatic imine (C=N–C) groups is 1. The van der Waals surface area contributed by atoms with Crippen molar-refractivity contribution in [3.8, 4) is 0 Å². The molecule has 0 bridgehead atoms. The molecule has 1 saturated heterocycles. The van der Waals surface area contributed by atoms with Crippen LogP contribution >= 0.6 is 0 Å². The van der Waals surface area contributed by atoms with Gasteiger partial charge in [0, 0.05) is 5.56 Å². The predicted molar refractivity (Wildman–Crippen MR) is 126 cm³/mol. The van der Waals surface area contributed by atoms with Gasteiger partial charge in [0.1, 0.15) is 5.54 Å². The third-order valence-electron chi connectivity index (χ3n) is 6.43. The third-order valence-corrected chi connectivity index (χ3v) is 6.43. The molecule has 0 aliphatic carbocycles. The maximum absolute atomic E-state index is 12.1. The fourth-order valence-electron chi connectivity index (χ4n) is 5.14. The van der Waals surface area contributed by atoms with E-state index >= 15 is 0 Å². The minimum atomic E-state index is -0.932. The molecule has 154 valence electrons. The Balaban J connectivity index is 1.65. The van der Waals surface area contributed by atoms with E-state index in [1.54, 1.807) is 12.1 Å². The van der Waals surface area contributed by atoms with Crippen molar-refractivity contribution in [3.05, 3.63) is 131 Å². The van der Waals surface area contributed by atoms with Gasteiger partial charge in [0.15, 0.2) is 0 Å². The number of fused-ring (bicyclic) bond motifs is 2. The number of carbonyl (C=O) groups is 1. The number of carboxylic acid groups (broad SMARTS) is 1. The van der Waals surface area contributed by atoms with Crippen molar-refractivity contribution in [1.29, 1.82) is 0 Å². The second-order valence-electron chi connectivity index (χ2n) is 8.12. The summed E-state index contributed by atoms with van der Waals surface area (Å²) in [5, 5.41) is 9.95. The number of hydrogen-bond acceptors (Lipinski definition) is 3. The third kappa shape index (κ3) is 2.50. The maximum Gasteiger partial charge on any atom is 0.337 e. The Kier molecular flexibility index (Phi) is 4.02. The van der Waals surface area contributed by atoms with Crippen LogP contribution in [0.15, 0.2) is 114 Å². The zero-order chi connectivity index (χ0) is 21.7. The maximum atomic E-state index is 12.1. The first-order valence-electron chi connectivity index (χ1n) is 10.6. The van der Waals surface area contributed by atoms with Crippen LogP contribution in [0.3, 0.4) is 0 Å². The first-order chi connectivity index (χ1) is 15.7. The molecule has 0 aromatic heterocycles. The molecule has 32 heavy (non-hydrogen) atoms. The summed E-state index contributed by atoms with van der Waals surface area (Å²) in [5.74, 6) is -0.932. The molecule has 0 amide bonds. The molecular formula is C28H20N2O2. The van der Waals surface area contributed by atoms with Gasteiger partial charge in [0.2, 0.25) is 0 Å². The molecule has 1 N–H and O–H groups in total. The van der Waals surface area contributed by atoms with Gasteiger partial charge in [-0.1, -0.05) is 91.0 Å². The van der Waals surface area contributed by atoms with Crippen molar-refractivity contribution < 1.29 is 9.90 Å². The summed E-state index contributed by atoms with van der Waals surface area (Å²) in [4.78, 5) is 19.5. The van der Waals surface area contributed by atoms with E-state index in [4.69, 9.17) is 4.99 Å². The molecule has 4 nitrogen and oxygen atoms in total. The molecule has 0 saturated carbocycles. The fraction of sp³-hybridized carbons (Fsp3) is 0.0714. The summed E-state index contributed by atoms with van der Waals surface area (Å²) >= 11 is 0. The summed E-state index contributed by atoms with van der Waals surface area (Å²) < 4.78 is 0. The number of nitrogens with zero attached hydrogens (tertiary/aromatic N) is 2. The summed E-state index contributed by atoms with van der Waals surface area (Å²) in [6, 6.07) is 35.8. The average Bonchev–Trinajstić information content (AvgIpc) is 3.42. The van der Waals surface area contributed by atoms with Gasteiger partial charge in [0.05, 0.1) is 28.7 Å². The Morgan fingerprint density at radius 3 is 2.16 bits per heavy atom. The number of hydrogen-bond donors (Lipinski definition) is 1. The molecule has 2 heterocycles. The van der Waals surface area contributed by atoms with Crippen LogP contribution in [0.25, 0.3) is 0 Å². The van der Waals surface area contributed by atoms with Gasteiger partial charge in [-0.25, -0.2) is 9.79 Å². The monoisotopic (exact) mass is 416 g/mol. The number of para-hydroxylation sites is 2. The Labute approximate surface area is 186 Å². The van der Waals surface area contributed by atoms with Gasteiger partial charge in [0.25, 0.3) is 0 Å². The summed E-state index contributed by atoms with van der Waals surface area (Å²) in [6.07, 6.45) is 0. The van der Waals surface area contributed by atoms with Crippen molar-refractivity contribution in [1.82, 2.24) is 0 Å². The molecule has 2 aliphatic heterocycles. The first-order valence-corrected chi connectivity index (χ1v) is 10.6. The molecular weight excluding hydrogens is 396 g/mol. The van der Waals surface area contributed by atoms with Crippen LogP contribution in [0, 0.1) is 0 Å². The molecule has 1 spiro atoms. The second kappa shape index (κ2) is 6.92. The molecule has 1 fully saturated rings. The number of carboxylic acids is 1. The highest BCUT2D eigenvalue weighted by atomic mass is 16.4. The topological polar surface area (TPSA) is 52.7 Å². The zero-order valence-corrected chi connectivity index (χ0v) is 17.2. The number of aromatic carboxylic acids is 1. The predicted octanol–water partition coefficient (Wildman–Crippen LogP) is 5.98. The number of rotatable bonds is 4. The van der Waals surface area contributed by atoms with Crippen LogP contribution in [-0.2, 0) is 5.54 Å². The van der Waals surface area contributed by atoms with E-state index in [-0.39, 0.29) is 6.04 Å². The normalized spacial score (nSPS) is 20.7. The van der Waals surface area contributed by atoms with Crippen LogP contribution in [0.5, 0.6) is 0 Å². The molecule has 0 radical (unpaired) electrons. The highest BCUT2D eigenvalue weighted by molar-refractivity contribution is 6.19. The van der Waals surface area contributed by atoms with Crippen LogP contribution in [0.1, 0.15) is 33.1 Å². The zero-order valence-electron chi connectivity index (χ0n) is 17.2. The molecule has 4 heteroatoms. The standard InChI is InChI=1S/C28H20N2O2/c31-27(32)21-15-7-10-18-24(21)30-26(20-13-5-2-6-14-20)28(30)22-16-8-9-17-23(22)29-25(28)19-11-3-1-4-12-19/h1-18,26H,(H,31,32). The molecule has 2 aliphatic rings. The Bertz CT molecular complexity index is 1360. The highest BCUT2D eigenvalue weighted by Crippen LogP contribution is 2.67. The minimum Gasteiger partial charge on any atom is -0.478 e. The van der Waals surface area contributed by atoms with E-state index in [9.17, 15) is 9.90 Å². The largest absolute Gasteiger partial charge is 0.478 e. The van der Waals surface area contributed by atoms with E-state index in [1.807, 2.05) is 66.7 Å². The van der Waals surface area contributed by atoms with Crippen LogP contribution in [0.2, 0.25) is 0 Å². The summed E-state index contributed by atoms with van der Waals surface area (Å²) in [7, 11) is 0. The van der Waals surface area contributed by atoms with Crippen molar-refractivity contribution in [2.45, 2.75) is 11.6 Å². The van der Waals surface area contributed by atoms with Gasteiger partial charge >= 0.3 is 5.97 Å². The van der Waals surface area contributed by atoms with Crippen molar-refractivity contribution >= 4 is 23.1 Å². The quantitative estimate of drug-likeness (QED) is 0.417. The van der Waals surface area contributed by atoms with E-state index in [2.05, 4.69) is 35.2 Å².